The number of aromatic nitrogens is 2. The molecule has 0 aliphatic heterocycles. The number of carbonyl (C=O) groups is 1. The molecule has 5 heteroatoms. The largest absolute Gasteiger partial charge is 0.460 e. The zero-order valence-corrected chi connectivity index (χ0v) is 16.5. The smallest absolute Gasteiger partial charge is 0.310 e. The minimum Gasteiger partial charge on any atom is -0.460 e. The van der Waals surface area contributed by atoms with Crippen molar-refractivity contribution in [3.8, 4) is 11.8 Å². The molecule has 0 radical (unpaired) electrons. The summed E-state index contributed by atoms with van der Waals surface area (Å²) in [5.74, 6) is 4.68. The van der Waals surface area contributed by atoms with Crippen molar-refractivity contribution in [2.75, 3.05) is 0 Å². The van der Waals surface area contributed by atoms with Crippen molar-refractivity contribution in [3.05, 3.63) is 60.2 Å². The average Bonchev–Trinajstić information content (AvgIpc) is 2.66. The van der Waals surface area contributed by atoms with E-state index in [1.54, 1.807) is 12.4 Å². The minimum absolute atomic E-state index is 0.154. The highest BCUT2D eigenvalue weighted by atomic mass is 19.1. The molecule has 0 amide bonds. The Balaban J connectivity index is 1.87. The quantitative estimate of drug-likeness (QED) is 0.570. The van der Waals surface area contributed by atoms with Crippen molar-refractivity contribution >= 4 is 5.97 Å². The van der Waals surface area contributed by atoms with E-state index in [2.05, 4.69) is 21.8 Å². The van der Waals surface area contributed by atoms with Gasteiger partial charge in [-0.25, -0.2) is 14.4 Å². The lowest BCUT2D eigenvalue weighted by atomic mass is 9.70. The van der Waals surface area contributed by atoms with Gasteiger partial charge in [0.25, 0.3) is 0 Å². The van der Waals surface area contributed by atoms with E-state index in [9.17, 15) is 4.79 Å². The molecule has 0 N–H and O–H groups in total. The van der Waals surface area contributed by atoms with Crippen molar-refractivity contribution in [1.82, 2.24) is 9.97 Å². The van der Waals surface area contributed by atoms with E-state index in [-0.39, 0.29) is 30.6 Å². The number of carbonyl (C=O) groups excluding carboxylic acids is 1. The normalized spacial score (nSPS) is 24.7. The monoisotopic (exact) mass is 380 g/mol. The summed E-state index contributed by atoms with van der Waals surface area (Å²) in [5.41, 5.74) is -0.736. The molecule has 0 saturated heterocycles. The summed E-state index contributed by atoms with van der Waals surface area (Å²) >= 11 is 0. The zero-order valence-electron chi connectivity index (χ0n) is 16.5. The Hall–Kier alpha value is -2.74. The highest BCUT2D eigenvalue weighted by molar-refractivity contribution is 5.74. The van der Waals surface area contributed by atoms with Gasteiger partial charge in [0, 0.05) is 24.7 Å². The molecule has 0 bridgehead atoms. The van der Waals surface area contributed by atoms with Gasteiger partial charge in [0.2, 0.25) is 0 Å². The Morgan fingerprint density at radius 1 is 1.21 bits per heavy atom. The SMILES string of the molecule is CC(C)(C)OC(=O)[C@@H]1CC[C@](F)(C#Cc2cncnc2)C[C@H]1c1ccccc1. The average molecular weight is 380 g/mol. The first-order valence-corrected chi connectivity index (χ1v) is 9.51. The Morgan fingerprint density at radius 2 is 1.89 bits per heavy atom. The van der Waals surface area contributed by atoms with E-state index in [1.165, 1.54) is 6.33 Å². The van der Waals surface area contributed by atoms with Gasteiger partial charge in [0.15, 0.2) is 5.67 Å². The Kier molecular flexibility index (Phi) is 5.79. The van der Waals surface area contributed by atoms with Gasteiger partial charge in [-0.2, -0.15) is 0 Å². The van der Waals surface area contributed by atoms with Crippen LogP contribution in [-0.4, -0.2) is 27.2 Å². The van der Waals surface area contributed by atoms with Gasteiger partial charge in [-0.05, 0) is 39.2 Å². The number of benzene rings is 1. The van der Waals surface area contributed by atoms with Crippen molar-refractivity contribution in [2.24, 2.45) is 5.92 Å². The maximum atomic E-state index is 15.6. The van der Waals surface area contributed by atoms with Crippen LogP contribution >= 0.6 is 0 Å². The molecule has 1 aliphatic rings. The molecule has 4 nitrogen and oxygen atoms in total. The number of esters is 1. The third kappa shape index (κ3) is 5.16. The maximum Gasteiger partial charge on any atom is 0.310 e. The maximum absolute atomic E-state index is 15.6. The number of halogens is 1. The van der Waals surface area contributed by atoms with Crippen LogP contribution in [0.3, 0.4) is 0 Å². The molecule has 0 unspecified atom stereocenters. The molecular weight excluding hydrogens is 355 g/mol. The standard InChI is InChI=1S/C23H25FN2O2/c1-22(2,3)28-21(27)19-10-12-23(24,11-9-17-14-25-16-26-15-17)13-20(19)18-7-5-4-6-8-18/h4-8,14-16,19-20H,10,12-13H2,1-3H3/t19-,20+,23-/m1/s1. The van der Waals surface area contributed by atoms with Crippen molar-refractivity contribution in [2.45, 2.75) is 57.2 Å². The van der Waals surface area contributed by atoms with Crippen LogP contribution in [0.15, 0.2) is 49.1 Å². The summed E-state index contributed by atoms with van der Waals surface area (Å²) in [4.78, 5) is 20.6. The van der Waals surface area contributed by atoms with Crippen LogP contribution in [0.1, 0.15) is 57.1 Å². The molecule has 1 saturated carbocycles. The molecule has 1 aliphatic carbocycles. The van der Waals surface area contributed by atoms with Gasteiger partial charge in [-0.3, -0.25) is 4.79 Å². The first kappa shape index (κ1) is 20.0. The fourth-order valence-electron chi connectivity index (χ4n) is 3.55. The van der Waals surface area contributed by atoms with Crippen molar-refractivity contribution in [3.63, 3.8) is 0 Å². The number of rotatable bonds is 2. The fourth-order valence-corrected chi connectivity index (χ4v) is 3.55. The zero-order chi connectivity index (χ0) is 20.2. The van der Waals surface area contributed by atoms with Crippen molar-refractivity contribution in [1.29, 1.82) is 0 Å². The number of alkyl halides is 1. The molecule has 3 atom stereocenters. The predicted molar refractivity (Wildman–Crippen MR) is 105 cm³/mol. The van der Waals surface area contributed by atoms with Gasteiger partial charge < -0.3 is 4.74 Å². The van der Waals surface area contributed by atoms with Crippen LogP contribution in [0.4, 0.5) is 4.39 Å². The van der Waals surface area contributed by atoms with Gasteiger partial charge in [-0.15, -0.1) is 0 Å². The van der Waals surface area contributed by atoms with Crippen LogP contribution in [0.5, 0.6) is 0 Å². The highest BCUT2D eigenvalue weighted by Gasteiger charge is 2.45. The number of nitrogens with zero attached hydrogens (tertiary/aromatic N) is 2. The van der Waals surface area contributed by atoms with E-state index in [0.29, 0.717) is 12.0 Å². The molecule has 2 aromatic rings. The number of hydrogen-bond donors (Lipinski definition) is 0. The van der Waals surface area contributed by atoms with Gasteiger partial charge in [0.05, 0.1) is 11.5 Å². The molecule has 28 heavy (non-hydrogen) atoms. The van der Waals surface area contributed by atoms with E-state index in [4.69, 9.17) is 4.74 Å². The van der Waals surface area contributed by atoms with Crippen LogP contribution in [-0.2, 0) is 9.53 Å². The Morgan fingerprint density at radius 3 is 2.54 bits per heavy atom. The lowest BCUT2D eigenvalue weighted by Gasteiger charge is -2.37. The topological polar surface area (TPSA) is 52.1 Å². The second kappa shape index (κ2) is 8.10. The Bertz CT molecular complexity index is 868. The summed E-state index contributed by atoms with van der Waals surface area (Å²) < 4.78 is 21.2. The lowest BCUT2D eigenvalue weighted by Crippen LogP contribution is -2.39. The molecule has 1 aromatic heterocycles. The molecule has 146 valence electrons. The molecule has 0 spiro atoms. The first-order chi connectivity index (χ1) is 13.3. The van der Waals surface area contributed by atoms with Crippen molar-refractivity contribution < 1.29 is 13.9 Å². The fraction of sp³-hybridized carbons (Fsp3) is 0.435. The summed E-state index contributed by atoms with van der Waals surface area (Å²) in [5, 5.41) is 0. The predicted octanol–water partition coefficient (Wildman–Crippen LogP) is 4.46. The van der Waals surface area contributed by atoms with E-state index < -0.39 is 11.3 Å². The molecule has 1 fully saturated rings. The molecular formula is C23H25FN2O2. The number of hydrogen-bond acceptors (Lipinski definition) is 4. The molecule has 1 aromatic carbocycles. The van der Waals surface area contributed by atoms with E-state index in [0.717, 1.165) is 5.56 Å². The van der Waals surface area contributed by atoms with Gasteiger partial charge in [-0.1, -0.05) is 42.2 Å². The van der Waals surface area contributed by atoms with E-state index >= 15 is 4.39 Å². The minimum atomic E-state index is -1.67. The summed E-state index contributed by atoms with van der Waals surface area (Å²) in [7, 11) is 0. The van der Waals surface area contributed by atoms with E-state index in [1.807, 2.05) is 51.1 Å². The van der Waals surface area contributed by atoms with Crippen LogP contribution < -0.4 is 0 Å². The third-order valence-corrected chi connectivity index (χ3v) is 4.81. The summed E-state index contributed by atoms with van der Waals surface area (Å²) in [6.45, 7) is 5.54. The molecule has 3 rings (SSSR count). The van der Waals surface area contributed by atoms with Gasteiger partial charge >= 0.3 is 5.97 Å². The summed E-state index contributed by atoms with van der Waals surface area (Å²) in [6.07, 6.45) is 5.27. The number of ether oxygens (including phenoxy) is 1. The second-order valence-electron chi connectivity index (χ2n) is 8.24. The third-order valence-electron chi connectivity index (χ3n) is 4.81. The second-order valence-corrected chi connectivity index (χ2v) is 8.24. The van der Waals surface area contributed by atoms with Crippen LogP contribution in [0.25, 0.3) is 0 Å². The van der Waals surface area contributed by atoms with Gasteiger partial charge in [0.1, 0.15) is 11.9 Å². The van der Waals surface area contributed by atoms with Crippen LogP contribution in [0, 0.1) is 17.8 Å². The first-order valence-electron chi connectivity index (χ1n) is 9.51. The molecule has 1 heterocycles. The Labute approximate surface area is 165 Å². The highest BCUT2D eigenvalue weighted by Crippen LogP contribution is 2.45. The lowest BCUT2D eigenvalue weighted by molar-refractivity contribution is -0.162. The van der Waals surface area contributed by atoms with Crippen LogP contribution in [0.2, 0.25) is 0 Å². The summed E-state index contributed by atoms with van der Waals surface area (Å²) in [6, 6.07) is 9.59.